The minimum absolute atomic E-state index is 0.0904. The van der Waals surface area contributed by atoms with Gasteiger partial charge in [0.25, 0.3) is 23.6 Å². The molecule has 8 nitrogen and oxygen atoms in total. The molecule has 178 valence electrons. The van der Waals surface area contributed by atoms with Gasteiger partial charge in [0.1, 0.15) is 11.8 Å². The number of carbonyl (C=O) groups excluding carboxylic acids is 4. The van der Waals surface area contributed by atoms with Crippen molar-refractivity contribution in [2.75, 3.05) is 6.61 Å². The number of rotatable bonds is 7. The number of hydrogen-bond donors (Lipinski definition) is 2. The van der Waals surface area contributed by atoms with E-state index in [0.29, 0.717) is 5.75 Å². The summed E-state index contributed by atoms with van der Waals surface area (Å²) in [5.74, 6) is -1.84. The highest BCUT2D eigenvalue weighted by Crippen LogP contribution is 2.26. The van der Waals surface area contributed by atoms with Crippen LogP contribution < -0.4 is 15.6 Å². The summed E-state index contributed by atoms with van der Waals surface area (Å²) in [6, 6.07) is 19.9. The van der Waals surface area contributed by atoms with E-state index in [1.807, 2.05) is 26.0 Å². The van der Waals surface area contributed by atoms with Gasteiger partial charge in [-0.3, -0.25) is 34.9 Å². The third kappa shape index (κ3) is 5.38. The fourth-order valence-corrected chi connectivity index (χ4v) is 4.05. The molecule has 1 unspecified atom stereocenters. The monoisotopic (exact) mass is 471 g/mol. The number of fused-ring (bicyclic) bond motifs is 1. The van der Waals surface area contributed by atoms with Crippen LogP contribution >= 0.6 is 0 Å². The Morgan fingerprint density at radius 2 is 1.40 bits per heavy atom. The van der Waals surface area contributed by atoms with E-state index in [2.05, 4.69) is 10.9 Å². The molecule has 0 bridgehead atoms. The molecule has 8 heteroatoms. The number of imide groups is 1. The van der Waals surface area contributed by atoms with Gasteiger partial charge in [0.15, 0.2) is 6.61 Å². The highest BCUT2D eigenvalue weighted by molar-refractivity contribution is 6.22. The molecule has 1 atom stereocenters. The molecule has 0 radical (unpaired) electrons. The van der Waals surface area contributed by atoms with E-state index >= 15 is 0 Å². The van der Waals surface area contributed by atoms with Gasteiger partial charge < -0.3 is 4.74 Å². The predicted molar refractivity (Wildman–Crippen MR) is 129 cm³/mol. The average molecular weight is 472 g/mol. The van der Waals surface area contributed by atoms with Gasteiger partial charge in [-0.2, -0.15) is 0 Å². The minimum atomic E-state index is -1.16. The van der Waals surface area contributed by atoms with Crippen molar-refractivity contribution in [1.82, 2.24) is 15.8 Å². The number of aryl methyl sites for hydroxylation is 2. The molecule has 0 aliphatic carbocycles. The summed E-state index contributed by atoms with van der Waals surface area (Å²) in [6.45, 7) is 3.53. The summed E-state index contributed by atoms with van der Waals surface area (Å²) >= 11 is 0. The molecule has 0 saturated heterocycles. The van der Waals surface area contributed by atoms with Crippen molar-refractivity contribution in [2.24, 2.45) is 0 Å². The second kappa shape index (κ2) is 10.2. The molecule has 1 heterocycles. The van der Waals surface area contributed by atoms with Gasteiger partial charge in [0.05, 0.1) is 11.1 Å². The maximum Gasteiger partial charge on any atom is 0.276 e. The number of ether oxygens (including phenoxy) is 1. The maximum atomic E-state index is 13.1. The van der Waals surface area contributed by atoms with E-state index in [9.17, 15) is 19.2 Å². The molecular formula is C27H25N3O5. The normalized spacial score (nSPS) is 13.3. The molecule has 4 amide bonds. The van der Waals surface area contributed by atoms with Gasteiger partial charge in [-0.05, 0) is 54.8 Å². The standard InChI is InChI=1S/C27H25N3O5/c1-17-12-18(2)14-20(13-17)35-16-24(31)28-29-25(32)23(15-19-8-4-3-5-9-19)30-26(33)21-10-6-7-11-22(21)27(30)34/h3-14,23H,15-16H2,1-2H3,(H,28,31)(H,29,32). The fourth-order valence-electron chi connectivity index (χ4n) is 4.05. The van der Waals surface area contributed by atoms with Crippen LogP contribution in [0, 0.1) is 13.8 Å². The van der Waals surface area contributed by atoms with Crippen LogP contribution in [0.25, 0.3) is 0 Å². The zero-order valence-corrected chi connectivity index (χ0v) is 19.4. The quantitative estimate of drug-likeness (QED) is 0.407. The lowest BCUT2D eigenvalue weighted by Gasteiger charge is -2.25. The summed E-state index contributed by atoms with van der Waals surface area (Å²) in [4.78, 5) is 52.4. The Morgan fingerprint density at radius 1 is 0.829 bits per heavy atom. The number of hydrazine groups is 1. The Balaban J connectivity index is 1.45. The first-order valence-electron chi connectivity index (χ1n) is 11.1. The average Bonchev–Trinajstić information content (AvgIpc) is 3.10. The van der Waals surface area contributed by atoms with Crippen LogP contribution in [0.15, 0.2) is 72.8 Å². The predicted octanol–water partition coefficient (Wildman–Crippen LogP) is 2.74. The Hall–Kier alpha value is -4.46. The molecule has 3 aromatic carbocycles. The largest absolute Gasteiger partial charge is 0.484 e. The molecule has 0 fully saturated rings. The smallest absolute Gasteiger partial charge is 0.276 e. The van der Waals surface area contributed by atoms with Crippen LogP contribution in [0.5, 0.6) is 5.75 Å². The van der Waals surface area contributed by atoms with Crippen molar-refractivity contribution in [1.29, 1.82) is 0 Å². The van der Waals surface area contributed by atoms with Gasteiger partial charge in [-0.1, -0.05) is 48.5 Å². The van der Waals surface area contributed by atoms with Crippen molar-refractivity contribution < 1.29 is 23.9 Å². The Labute approximate surface area is 202 Å². The first-order chi connectivity index (χ1) is 16.8. The van der Waals surface area contributed by atoms with Gasteiger partial charge in [0, 0.05) is 6.42 Å². The summed E-state index contributed by atoms with van der Waals surface area (Å²) in [6.07, 6.45) is 0.0904. The van der Waals surface area contributed by atoms with Crippen molar-refractivity contribution in [3.05, 3.63) is 101 Å². The van der Waals surface area contributed by atoms with Crippen LogP contribution in [0.1, 0.15) is 37.4 Å². The van der Waals surface area contributed by atoms with E-state index < -0.39 is 29.7 Å². The molecular weight excluding hydrogens is 446 g/mol. The number of amides is 4. The lowest BCUT2D eigenvalue weighted by Crippen LogP contribution is -2.55. The molecule has 3 aromatic rings. The molecule has 1 aliphatic heterocycles. The number of carbonyl (C=O) groups is 4. The zero-order valence-electron chi connectivity index (χ0n) is 19.4. The van der Waals surface area contributed by atoms with Gasteiger partial charge in [0.2, 0.25) is 0 Å². The molecule has 0 spiro atoms. The fraction of sp³-hybridized carbons (Fsp3) is 0.185. The Bertz CT molecular complexity index is 1230. The van der Waals surface area contributed by atoms with Crippen molar-refractivity contribution in [3.8, 4) is 5.75 Å². The summed E-state index contributed by atoms with van der Waals surface area (Å²) in [5.41, 5.74) is 7.90. The molecule has 4 rings (SSSR count). The van der Waals surface area contributed by atoms with Crippen LogP contribution in [0.4, 0.5) is 0 Å². The zero-order chi connectivity index (χ0) is 24.9. The van der Waals surface area contributed by atoms with Crippen LogP contribution in [-0.4, -0.2) is 41.2 Å². The van der Waals surface area contributed by atoms with Gasteiger partial charge in [-0.25, -0.2) is 0 Å². The molecule has 0 aromatic heterocycles. The van der Waals surface area contributed by atoms with E-state index in [1.165, 1.54) is 0 Å². The third-order valence-electron chi connectivity index (χ3n) is 5.60. The van der Waals surface area contributed by atoms with E-state index in [0.717, 1.165) is 21.6 Å². The van der Waals surface area contributed by atoms with Crippen LogP contribution in [-0.2, 0) is 16.0 Å². The summed E-state index contributed by atoms with van der Waals surface area (Å²) < 4.78 is 5.51. The number of nitrogens with one attached hydrogen (secondary N) is 2. The summed E-state index contributed by atoms with van der Waals surface area (Å²) in [7, 11) is 0. The molecule has 1 aliphatic rings. The van der Waals surface area contributed by atoms with Gasteiger partial charge >= 0.3 is 0 Å². The van der Waals surface area contributed by atoms with Crippen molar-refractivity contribution in [2.45, 2.75) is 26.3 Å². The number of nitrogens with zero attached hydrogens (tertiary/aromatic N) is 1. The summed E-state index contributed by atoms with van der Waals surface area (Å²) in [5, 5.41) is 0. The highest BCUT2D eigenvalue weighted by Gasteiger charge is 2.42. The second-order valence-electron chi connectivity index (χ2n) is 8.38. The second-order valence-corrected chi connectivity index (χ2v) is 8.38. The van der Waals surface area contributed by atoms with Crippen LogP contribution in [0.3, 0.4) is 0 Å². The highest BCUT2D eigenvalue weighted by atomic mass is 16.5. The van der Waals surface area contributed by atoms with E-state index in [-0.39, 0.29) is 24.2 Å². The first-order valence-corrected chi connectivity index (χ1v) is 11.1. The van der Waals surface area contributed by atoms with Crippen molar-refractivity contribution in [3.63, 3.8) is 0 Å². The Morgan fingerprint density at radius 3 is 2.00 bits per heavy atom. The lowest BCUT2D eigenvalue weighted by molar-refractivity contribution is -0.132. The van der Waals surface area contributed by atoms with E-state index in [4.69, 9.17) is 4.74 Å². The number of hydrogen-bond acceptors (Lipinski definition) is 5. The van der Waals surface area contributed by atoms with E-state index in [1.54, 1.807) is 60.7 Å². The minimum Gasteiger partial charge on any atom is -0.484 e. The van der Waals surface area contributed by atoms with Gasteiger partial charge in [-0.15, -0.1) is 0 Å². The lowest BCUT2D eigenvalue weighted by atomic mass is 10.0. The SMILES string of the molecule is Cc1cc(C)cc(OCC(=O)NNC(=O)C(Cc2ccccc2)N2C(=O)c3ccccc3C2=O)c1. The molecule has 2 N–H and O–H groups in total. The maximum absolute atomic E-state index is 13.1. The van der Waals surface area contributed by atoms with Crippen LogP contribution in [0.2, 0.25) is 0 Å². The van der Waals surface area contributed by atoms with Crippen molar-refractivity contribution >= 4 is 23.6 Å². The molecule has 0 saturated carbocycles. The Kier molecular flexibility index (Phi) is 6.91. The number of benzene rings is 3. The molecule has 35 heavy (non-hydrogen) atoms. The first kappa shape index (κ1) is 23.7. The topological polar surface area (TPSA) is 105 Å². The third-order valence-corrected chi connectivity index (χ3v) is 5.60.